The third-order valence-corrected chi connectivity index (χ3v) is 4.89. The molecule has 0 radical (unpaired) electrons. The Balaban J connectivity index is 1.89. The molecule has 1 saturated heterocycles. The molecule has 24 heavy (non-hydrogen) atoms. The van der Waals surface area contributed by atoms with E-state index in [1.54, 1.807) is 6.92 Å². The third-order valence-electron chi connectivity index (χ3n) is 3.76. The van der Waals surface area contributed by atoms with Crippen molar-refractivity contribution in [1.29, 1.82) is 0 Å². The molecule has 1 aliphatic rings. The molecule has 1 fully saturated rings. The first-order chi connectivity index (χ1) is 11.4. The number of carbonyl (C=O) groups excluding carboxylic acids is 3. The van der Waals surface area contributed by atoms with Gasteiger partial charge in [0, 0.05) is 25.0 Å². The van der Waals surface area contributed by atoms with Gasteiger partial charge in [0.25, 0.3) is 5.91 Å². The maximum Gasteiger partial charge on any atom is 0.341 e. The van der Waals surface area contributed by atoms with Crippen molar-refractivity contribution in [2.45, 2.75) is 39.7 Å². The van der Waals surface area contributed by atoms with E-state index < -0.39 is 5.97 Å². The van der Waals surface area contributed by atoms with E-state index in [-0.39, 0.29) is 24.5 Å². The molecular formula is C16H22N2O5S. The van der Waals surface area contributed by atoms with Gasteiger partial charge in [0.1, 0.15) is 5.00 Å². The zero-order valence-corrected chi connectivity index (χ0v) is 14.9. The molecule has 0 unspecified atom stereocenters. The smallest absolute Gasteiger partial charge is 0.341 e. The van der Waals surface area contributed by atoms with Crippen LogP contribution in [-0.4, -0.2) is 43.6 Å². The van der Waals surface area contributed by atoms with Crippen molar-refractivity contribution in [1.82, 2.24) is 5.32 Å². The fourth-order valence-corrected chi connectivity index (χ4v) is 3.50. The van der Waals surface area contributed by atoms with E-state index in [9.17, 15) is 14.4 Å². The van der Waals surface area contributed by atoms with Crippen LogP contribution in [0.2, 0.25) is 0 Å². The van der Waals surface area contributed by atoms with Gasteiger partial charge in [-0.2, -0.15) is 0 Å². The highest BCUT2D eigenvalue weighted by Crippen LogP contribution is 2.32. The second-order valence-corrected chi connectivity index (χ2v) is 6.91. The molecular weight excluding hydrogens is 332 g/mol. The van der Waals surface area contributed by atoms with E-state index in [0.29, 0.717) is 17.1 Å². The molecule has 0 aliphatic carbocycles. The maximum atomic E-state index is 12.3. The fourth-order valence-electron chi connectivity index (χ4n) is 2.41. The van der Waals surface area contributed by atoms with Crippen LogP contribution in [0.25, 0.3) is 0 Å². The number of nitrogens with one attached hydrogen (secondary N) is 2. The number of hydrogen-bond donors (Lipinski definition) is 2. The van der Waals surface area contributed by atoms with Crippen LogP contribution in [-0.2, 0) is 19.1 Å². The number of carbonyl (C=O) groups is 3. The first-order valence-electron chi connectivity index (χ1n) is 7.81. The van der Waals surface area contributed by atoms with E-state index in [4.69, 9.17) is 9.47 Å². The first-order valence-corrected chi connectivity index (χ1v) is 8.63. The molecule has 2 N–H and O–H groups in total. The molecule has 0 spiro atoms. The normalized spacial score (nSPS) is 16.7. The standard InChI is InChI=1S/C16H22N2O5S/c1-9-10(2)24-15(18-11(3)19)14(9)16(21)23-8-13(20)17-7-12-5-4-6-22-12/h12H,4-8H2,1-3H3,(H,17,20)(H,18,19)/t12-/m0/s1. The number of anilines is 1. The zero-order chi connectivity index (χ0) is 17.7. The van der Waals surface area contributed by atoms with Gasteiger partial charge in [0.15, 0.2) is 6.61 Å². The van der Waals surface area contributed by atoms with Gasteiger partial charge in [-0.3, -0.25) is 9.59 Å². The van der Waals surface area contributed by atoms with Gasteiger partial charge in [-0.05, 0) is 32.3 Å². The van der Waals surface area contributed by atoms with Gasteiger partial charge < -0.3 is 20.1 Å². The van der Waals surface area contributed by atoms with Crippen LogP contribution >= 0.6 is 11.3 Å². The molecule has 1 aromatic heterocycles. The highest BCUT2D eigenvalue weighted by molar-refractivity contribution is 7.16. The van der Waals surface area contributed by atoms with E-state index in [1.165, 1.54) is 18.3 Å². The largest absolute Gasteiger partial charge is 0.452 e. The monoisotopic (exact) mass is 354 g/mol. The highest BCUT2D eigenvalue weighted by Gasteiger charge is 2.22. The fraction of sp³-hybridized carbons (Fsp3) is 0.562. The summed E-state index contributed by atoms with van der Waals surface area (Å²) in [4.78, 5) is 36.2. The van der Waals surface area contributed by atoms with Gasteiger partial charge in [0.05, 0.1) is 11.7 Å². The lowest BCUT2D eigenvalue weighted by atomic mass is 10.1. The molecule has 2 rings (SSSR count). The number of ether oxygens (including phenoxy) is 2. The summed E-state index contributed by atoms with van der Waals surface area (Å²) >= 11 is 1.31. The highest BCUT2D eigenvalue weighted by atomic mass is 32.1. The number of aryl methyl sites for hydroxylation is 1. The van der Waals surface area contributed by atoms with Crippen LogP contribution in [0.4, 0.5) is 5.00 Å². The van der Waals surface area contributed by atoms with Crippen molar-refractivity contribution in [2.24, 2.45) is 0 Å². The quantitative estimate of drug-likeness (QED) is 0.760. The Labute approximate surface area is 144 Å². The second kappa shape index (κ2) is 8.25. The molecule has 2 amide bonds. The van der Waals surface area contributed by atoms with Gasteiger partial charge >= 0.3 is 5.97 Å². The average Bonchev–Trinajstić information content (AvgIpc) is 3.11. The topological polar surface area (TPSA) is 93.7 Å². The molecule has 8 heteroatoms. The van der Waals surface area contributed by atoms with Gasteiger partial charge in [-0.25, -0.2) is 4.79 Å². The van der Waals surface area contributed by atoms with Crippen LogP contribution < -0.4 is 10.6 Å². The van der Waals surface area contributed by atoms with Crippen molar-refractivity contribution in [3.8, 4) is 0 Å². The maximum absolute atomic E-state index is 12.3. The third kappa shape index (κ3) is 4.78. The molecule has 7 nitrogen and oxygen atoms in total. The molecule has 1 aromatic rings. The summed E-state index contributed by atoms with van der Waals surface area (Å²) in [5, 5.41) is 5.76. The Morgan fingerprint density at radius 3 is 2.71 bits per heavy atom. The summed E-state index contributed by atoms with van der Waals surface area (Å²) in [6.45, 7) is 5.79. The zero-order valence-electron chi connectivity index (χ0n) is 14.1. The molecule has 2 heterocycles. The summed E-state index contributed by atoms with van der Waals surface area (Å²) < 4.78 is 10.5. The van der Waals surface area contributed by atoms with Crippen molar-refractivity contribution < 1.29 is 23.9 Å². The van der Waals surface area contributed by atoms with Gasteiger partial charge in [0.2, 0.25) is 5.91 Å². The number of rotatable bonds is 6. The number of thiophene rings is 1. The average molecular weight is 354 g/mol. The van der Waals surface area contributed by atoms with Crippen molar-refractivity contribution in [3.63, 3.8) is 0 Å². The Bertz CT molecular complexity index is 635. The Morgan fingerprint density at radius 1 is 1.33 bits per heavy atom. The second-order valence-electron chi connectivity index (χ2n) is 5.68. The Morgan fingerprint density at radius 2 is 2.08 bits per heavy atom. The van der Waals surface area contributed by atoms with Crippen LogP contribution in [0, 0.1) is 13.8 Å². The molecule has 0 saturated carbocycles. The Hall–Kier alpha value is -1.93. The summed E-state index contributed by atoms with van der Waals surface area (Å²) in [6, 6.07) is 0. The minimum Gasteiger partial charge on any atom is -0.452 e. The molecule has 0 bridgehead atoms. The minimum atomic E-state index is -0.618. The summed E-state index contributed by atoms with van der Waals surface area (Å²) in [5.41, 5.74) is 1.05. The van der Waals surface area contributed by atoms with E-state index >= 15 is 0 Å². The van der Waals surface area contributed by atoms with Crippen molar-refractivity contribution in [3.05, 3.63) is 16.0 Å². The van der Waals surface area contributed by atoms with Crippen LogP contribution in [0.15, 0.2) is 0 Å². The van der Waals surface area contributed by atoms with Crippen LogP contribution in [0.1, 0.15) is 40.6 Å². The molecule has 1 aliphatic heterocycles. The predicted molar refractivity (Wildman–Crippen MR) is 90.4 cm³/mol. The van der Waals surface area contributed by atoms with E-state index in [0.717, 1.165) is 29.9 Å². The first kappa shape index (κ1) is 18.4. The Kier molecular flexibility index (Phi) is 6.33. The molecule has 1 atom stereocenters. The number of hydrogen-bond acceptors (Lipinski definition) is 6. The van der Waals surface area contributed by atoms with Crippen molar-refractivity contribution in [2.75, 3.05) is 25.1 Å². The van der Waals surface area contributed by atoms with Crippen molar-refractivity contribution >= 4 is 34.1 Å². The van der Waals surface area contributed by atoms with Crippen LogP contribution in [0.3, 0.4) is 0 Å². The predicted octanol–water partition coefficient (Wildman–Crippen LogP) is 1.78. The summed E-state index contributed by atoms with van der Waals surface area (Å²) in [5.74, 6) is -1.25. The van der Waals surface area contributed by atoms with Gasteiger partial charge in [-0.15, -0.1) is 11.3 Å². The molecule has 132 valence electrons. The van der Waals surface area contributed by atoms with Gasteiger partial charge in [-0.1, -0.05) is 0 Å². The number of amides is 2. The number of esters is 1. The SMILES string of the molecule is CC(=O)Nc1sc(C)c(C)c1C(=O)OCC(=O)NC[C@@H]1CCCO1. The lowest BCUT2D eigenvalue weighted by molar-refractivity contribution is -0.124. The molecule has 0 aromatic carbocycles. The van der Waals surface area contributed by atoms with Crippen LogP contribution in [0.5, 0.6) is 0 Å². The summed E-state index contributed by atoms with van der Waals surface area (Å²) in [6.07, 6.45) is 1.96. The van der Waals surface area contributed by atoms with E-state index in [2.05, 4.69) is 10.6 Å². The van der Waals surface area contributed by atoms with E-state index in [1.807, 2.05) is 6.92 Å². The lowest BCUT2D eigenvalue weighted by Gasteiger charge is -2.11. The minimum absolute atomic E-state index is 0.0396. The lowest BCUT2D eigenvalue weighted by Crippen LogP contribution is -2.34. The summed E-state index contributed by atoms with van der Waals surface area (Å²) in [7, 11) is 0.